The SMILES string of the molecule is CCOC(=O)C(C(=O)O)[N+](C)(C)C. The molecule has 1 atom stereocenters. The van der Waals surface area contributed by atoms with Gasteiger partial charge in [-0.25, -0.2) is 9.59 Å². The minimum absolute atomic E-state index is 0.0220. The molecule has 1 unspecified atom stereocenters. The summed E-state index contributed by atoms with van der Waals surface area (Å²) in [7, 11) is 4.90. The Balaban J connectivity index is 4.63. The van der Waals surface area contributed by atoms with Gasteiger partial charge in [0.25, 0.3) is 6.04 Å². The van der Waals surface area contributed by atoms with Crippen LogP contribution in [-0.4, -0.2) is 55.3 Å². The van der Waals surface area contributed by atoms with Crippen molar-refractivity contribution in [2.24, 2.45) is 0 Å². The highest BCUT2D eigenvalue weighted by atomic mass is 16.5. The predicted octanol–water partition coefficient (Wildman–Crippen LogP) is -0.291. The molecule has 0 aliphatic heterocycles. The Labute approximate surface area is 77.5 Å². The first-order valence-electron chi connectivity index (χ1n) is 4.01. The van der Waals surface area contributed by atoms with E-state index in [0.29, 0.717) is 0 Å². The zero-order valence-electron chi connectivity index (χ0n) is 8.40. The molecule has 5 nitrogen and oxygen atoms in total. The van der Waals surface area contributed by atoms with Gasteiger partial charge in [0.1, 0.15) is 0 Å². The lowest BCUT2D eigenvalue weighted by Crippen LogP contribution is -2.55. The largest absolute Gasteiger partial charge is 0.476 e. The molecule has 0 fully saturated rings. The van der Waals surface area contributed by atoms with Crippen molar-refractivity contribution in [1.29, 1.82) is 0 Å². The fourth-order valence-corrected chi connectivity index (χ4v) is 0.970. The second-order valence-corrected chi connectivity index (χ2v) is 3.61. The molecule has 0 rings (SSSR count). The molecule has 13 heavy (non-hydrogen) atoms. The van der Waals surface area contributed by atoms with Crippen LogP contribution in [0, 0.1) is 0 Å². The Bertz CT molecular complexity index is 207. The number of carbonyl (C=O) groups is 2. The highest BCUT2D eigenvalue weighted by molar-refractivity contribution is 5.96. The number of quaternary nitrogens is 1. The van der Waals surface area contributed by atoms with Crippen molar-refractivity contribution in [1.82, 2.24) is 0 Å². The van der Waals surface area contributed by atoms with Crippen LogP contribution in [0.15, 0.2) is 0 Å². The number of hydrogen-bond donors (Lipinski definition) is 1. The van der Waals surface area contributed by atoms with Gasteiger partial charge in [0, 0.05) is 0 Å². The van der Waals surface area contributed by atoms with Gasteiger partial charge in [-0.1, -0.05) is 0 Å². The van der Waals surface area contributed by atoms with Crippen LogP contribution in [0.4, 0.5) is 0 Å². The number of ether oxygens (including phenoxy) is 1. The summed E-state index contributed by atoms with van der Waals surface area (Å²) in [6, 6.07) is -1.15. The third kappa shape index (κ3) is 3.42. The molecule has 5 heteroatoms. The lowest BCUT2D eigenvalue weighted by molar-refractivity contribution is -0.879. The van der Waals surface area contributed by atoms with Crippen LogP contribution in [0.5, 0.6) is 0 Å². The van der Waals surface area contributed by atoms with E-state index in [9.17, 15) is 9.59 Å². The Morgan fingerprint density at radius 1 is 1.38 bits per heavy atom. The average molecular weight is 190 g/mol. The second-order valence-electron chi connectivity index (χ2n) is 3.61. The Kier molecular flexibility index (Phi) is 3.87. The van der Waals surface area contributed by atoms with Crippen LogP contribution < -0.4 is 0 Å². The fraction of sp³-hybridized carbons (Fsp3) is 0.750. The number of likely N-dealkylation sites (N-methyl/N-ethyl adjacent to an activating group) is 1. The Morgan fingerprint density at radius 2 is 1.85 bits per heavy atom. The van der Waals surface area contributed by atoms with Gasteiger partial charge in [-0.15, -0.1) is 0 Å². The highest BCUT2D eigenvalue weighted by Gasteiger charge is 2.40. The quantitative estimate of drug-likeness (QED) is 0.376. The number of nitrogens with zero attached hydrogens (tertiary/aromatic N) is 1. The van der Waals surface area contributed by atoms with Crippen molar-refractivity contribution in [3.8, 4) is 0 Å². The smallest absolute Gasteiger partial charge is 0.377 e. The third-order valence-corrected chi connectivity index (χ3v) is 1.52. The van der Waals surface area contributed by atoms with E-state index < -0.39 is 18.0 Å². The first kappa shape index (κ1) is 11.9. The van der Waals surface area contributed by atoms with Crippen molar-refractivity contribution < 1.29 is 23.9 Å². The van der Waals surface area contributed by atoms with Gasteiger partial charge in [0.15, 0.2) is 0 Å². The van der Waals surface area contributed by atoms with Gasteiger partial charge < -0.3 is 14.3 Å². The molecule has 0 radical (unpaired) electrons. The number of carboxylic acid groups (broad SMARTS) is 1. The van der Waals surface area contributed by atoms with E-state index in [0.717, 1.165) is 0 Å². The summed E-state index contributed by atoms with van der Waals surface area (Å²) < 4.78 is 4.68. The second kappa shape index (κ2) is 4.23. The van der Waals surface area contributed by atoms with Gasteiger partial charge in [0.05, 0.1) is 27.7 Å². The van der Waals surface area contributed by atoms with Gasteiger partial charge >= 0.3 is 11.9 Å². The van der Waals surface area contributed by atoms with Crippen molar-refractivity contribution >= 4 is 11.9 Å². The van der Waals surface area contributed by atoms with Crippen molar-refractivity contribution in [2.75, 3.05) is 27.7 Å². The van der Waals surface area contributed by atoms with Crippen molar-refractivity contribution in [3.05, 3.63) is 0 Å². The molecule has 0 saturated heterocycles. The molecular formula is C8H16NO4+. The summed E-state index contributed by atoms with van der Waals surface area (Å²) in [5.74, 6) is -1.85. The number of carbonyl (C=O) groups excluding carboxylic acids is 1. The summed E-state index contributed by atoms with van der Waals surface area (Å²) in [5, 5.41) is 8.79. The topological polar surface area (TPSA) is 63.6 Å². The lowest BCUT2D eigenvalue weighted by Gasteiger charge is -2.28. The molecule has 0 spiro atoms. The first-order chi connectivity index (χ1) is 5.80. The van der Waals surface area contributed by atoms with Crippen LogP contribution in [0.25, 0.3) is 0 Å². The van der Waals surface area contributed by atoms with E-state index in [1.165, 1.54) is 0 Å². The van der Waals surface area contributed by atoms with E-state index in [2.05, 4.69) is 4.74 Å². The van der Waals surface area contributed by atoms with Gasteiger partial charge in [-0.05, 0) is 6.92 Å². The van der Waals surface area contributed by atoms with Gasteiger partial charge in [-0.3, -0.25) is 0 Å². The molecule has 0 heterocycles. The van der Waals surface area contributed by atoms with Crippen LogP contribution in [0.1, 0.15) is 6.92 Å². The van der Waals surface area contributed by atoms with Crippen LogP contribution in [-0.2, 0) is 14.3 Å². The number of carboxylic acids is 1. The Morgan fingerprint density at radius 3 is 2.08 bits per heavy atom. The van der Waals surface area contributed by atoms with Gasteiger partial charge in [0.2, 0.25) is 0 Å². The van der Waals surface area contributed by atoms with Crippen LogP contribution in [0.2, 0.25) is 0 Å². The van der Waals surface area contributed by atoms with E-state index in [-0.39, 0.29) is 11.1 Å². The molecule has 1 N–H and O–H groups in total. The van der Waals surface area contributed by atoms with Crippen molar-refractivity contribution in [3.63, 3.8) is 0 Å². The molecule has 0 aromatic carbocycles. The van der Waals surface area contributed by atoms with Gasteiger partial charge in [-0.2, -0.15) is 0 Å². The zero-order chi connectivity index (χ0) is 10.6. The zero-order valence-corrected chi connectivity index (χ0v) is 8.40. The molecule has 0 bridgehead atoms. The molecular weight excluding hydrogens is 174 g/mol. The summed E-state index contributed by atoms with van der Waals surface area (Å²) in [6.07, 6.45) is 0. The summed E-state index contributed by atoms with van der Waals surface area (Å²) in [4.78, 5) is 22.0. The summed E-state index contributed by atoms with van der Waals surface area (Å²) in [5.41, 5.74) is 0. The molecule has 0 aliphatic carbocycles. The number of hydrogen-bond acceptors (Lipinski definition) is 3. The minimum atomic E-state index is -1.16. The number of rotatable bonds is 4. The van der Waals surface area contributed by atoms with Crippen molar-refractivity contribution in [2.45, 2.75) is 13.0 Å². The third-order valence-electron chi connectivity index (χ3n) is 1.52. The molecule has 76 valence electrons. The fourth-order valence-electron chi connectivity index (χ4n) is 0.970. The Hall–Kier alpha value is -1.10. The summed E-state index contributed by atoms with van der Waals surface area (Å²) in [6.45, 7) is 1.84. The molecule has 0 aliphatic rings. The van der Waals surface area contributed by atoms with Crippen LogP contribution >= 0.6 is 0 Å². The molecule has 0 aromatic heterocycles. The molecule has 0 aromatic rings. The maximum Gasteiger partial charge on any atom is 0.377 e. The molecule has 0 saturated carbocycles. The number of esters is 1. The molecule has 0 amide bonds. The minimum Gasteiger partial charge on any atom is -0.476 e. The van der Waals surface area contributed by atoms with Crippen LogP contribution in [0.3, 0.4) is 0 Å². The van der Waals surface area contributed by atoms with E-state index in [1.54, 1.807) is 28.1 Å². The first-order valence-corrected chi connectivity index (χ1v) is 4.01. The standard InChI is InChI=1S/C8H15NO4/c1-5-13-8(12)6(7(10)11)9(2,3)4/h6H,5H2,1-4H3/p+1. The predicted molar refractivity (Wildman–Crippen MR) is 46.1 cm³/mol. The highest BCUT2D eigenvalue weighted by Crippen LogP contribution is 2.05. The normalized spacial score (nSPS) is 13.5. The van der Waals surface area contributed by atoms with E-state index in [1.807, 2.05) is 0 Å². The number of aliphatic carboxylic acids is 1. The average Bonchev–Trinajstić information content (AvgIpc) is 1.82. The maximum atomic E-state index is 11.2. The van der Waals surface area contributed by atoms with E-state index in [4.69, 9.17) is 5.11 Å². The maximum absolute atomic E-state index is 11.2. The van der Waals surface area contributed by atoms with E-state index >= 15 is 0 Å². The lowest BCUT2D eigenvalue weighted by atomic mass is 10.2. The monoisotopic (exact) mass is 190 g/mol. The summed E-state index contributed by atoms with van der Waals surface area (Å²) >= 11 is 0.